The van der Waals surface area contributed by atoms with E-state index in [2.05, 4.69) is 176 Å². The van der Waals surface area contributed by atoms with E-state index in [1.54, 1.807) is 0 Å². The molecule has 0 N–H and O–H groups in total. The zero-order chi connectivity index (χ0) is 55.4. The van der Waals surface area contributed by atoms with Crippen LogP contribution in [0.5, 0.6) is 0 Å². The van der Waals surface area contributed by atoms with E-state index in [0.717, 1.165) is 82.3 Å². The first-order chi connectivity index (χ1) is 41.7. The smallest absolute Gasteiger partial charge is 0.168 e. The Kier molecular flexibility index (Phi) is 10.4. The first-order valence-electron chi connectivity index (χ1n) is 27.8. The number of benzene rings is 9. The van der Waals surface area contributed by atoms with E-state index >= 15 is 0 Å². The van der Waals surface area contributed by atoms with Crippen molar-refractivity contribution in [3.05, 3.63) is 267 Å². The Morgan fingerprint density at radius 1 is 0.274 bits per heavy atom. The van der Waals surface area contributed by atoms with Gasteiger partial charge in [-0.15, -0.1) is 0 Å². The zero-order valence-corrected chi connectivity index (χ0v) is 44.7. The normalized spacial score (nSPS) is 11.8. The molecule has 17 rings (SSSR count). The second-order valence-corrected chi connectivity index (χ2v) is 20.9. The van der Waals surface area contributed by atoms with Crippen molar-refractivity contribution in [2.24, 2.45) is 0 Å². The third-order valence-corrected chi connectivity index (χ3v) is 16.4. The maximum Gasteiger partial charge on any atom is 0.168 e. The molecule has 0 saturated heterocycles. The number of nitrogens with zero attached hydrogens (tertiary/aromatic N) is 11. The fourth-order valence-electron chi connectivity index (χ4n) is 12.9. The third kappa shape index (κ3) is 6.92. The summed E-state index contributed by atoms with van der Waals surface area (Å²) in [5.41, 5.74) is 13.6. The van der Waals surface area contributed by atoms with Crippen molar-refractivity contribution in [3.63, 3.8) is 0 Å². The van der Waals surface area contributed by atoms with Crippen molar-refractivity contribution < 1.29 is 0 Å². The summed E-state index contributed by atoms with van der Waals surface area (Å²) in [6, 6.07) is 86.2. The van der Waals surface area contributed by atoms with Crippen LogP contribution < -0.4 is 0 Å². The summed E-state index contributed by atoms with van der Waals surface area (Å²) in [5, 5.41) is 20.9. The summed E-state index contributed by atoms with van der Waals surface area (Å²) in [6.07, 6.45) is 5.50. The summed E-state index contributed by atoms with van der Waals surface area (Å²) in [6.45, 7) is 0. The van der Waals surface area contributed by atoms with Crippen molar-refractivity contribution in [3.8, 4) is 74.1 Å². The Labute approximate surface area is 479 Å². The quantitative estimate of drug-likeness (QED) is 0.149. The Morgan fingerprint density at radius 2 is 0.607 bits per heavy atom. The summed E-state index contributed by atoms with van der Waals surface area (Å²) in [4.78, 5) is 32.4. The lowest BCUT2D eigenvalue weighted by Crippen LogP contribution is -2.15. The van der Waals surface area contributed by atoms with Gasteiger partial charge in [-0.2, -0.15) is 5.26 Å². The highest BCUT2D eigenvalue weighted by atomic mass is 15.1. The van der Waals surface area contributed by atoms with Gasteiger partial charge in [-0.05, 0) is 84.4 Å². The molecule has 0 bridgehead atoms. The fourth-order valence-corrected chi connectivity index (χ4v) is 12.9. The van der Waals surface area contributed by atoms with Crippen LogP contribution in [0.15, 0.2) is 261 Å². The van der Waals surface area contributed by atoms with Crippen molar-refractivity contribution in [1.82, 2.24) is 48.2 Å². The SMILES string of the molecule is N#Cc1c(-c2ccc(-n3c4ccccc4c4ccccc43)cc2)c(-n2c3ccccc3c3cccnc32)c(-n2c3ccccc3c3cccnc32)c(-c2nc(-c3ccccc3)nc(-c3ccccc3)n2)c1-n1c2ccccc2c2cccnc21. The van der Waals surface area contributed by atoms with Gasteiger partial charge in [0.2, 0.25) is 0 Å². The summed E-state index contributed by atoms with van der Waals surface area (Å²) >= 11 is 0. The molecule has 0 aliphatic rings. The number of aromatic nitrogens is 10. The number of pyridine rings is 3. The van der Waals surface area contributed by atoms with Gasteiger partial charge in [0, 0.05) is 84.1 Å². The molecule has 0 unspecified atom stereocenters. The summed E-state index contributed by atoms with van der Waals surface area (Å²) < 4.78 is 8.98. The molecule has 84 heavy (non-hydrogen) atoms. The largest absolute Gasteiger partial charge is 0.309 e. The fraction of sp³-hybridized carbons (Fsp3) is 0. The number of hydrogen-bond donors (Lipinski definition) is 0. The van der Waals surface area contributed by atoms with Gasteiger partial charge in [-0.3, -0.25) is 13.7 Å². The molecular formula is C73H43N11. The average molecular weight is 1070 g/mol. The van der Waals surface area contributed by atoms with Crippen LogP contribution in [0.25, 0.3) is 156 Å². The lowest BCUT2D eigenvalue weighted by molar-refractivity contribution is 1.02. The van der Waals surface area contributed by atoms with Crippen LogP contribution in [-0.2, 0) is 0 Å². The predicted molar refractivity (Wildman–Crippen MR) is 337 cm³/mol. The van der Waals surface area contributed by atoms with Crippen LogP contribution in [0, 0.1) is 11.3 Å². The molecule has 0 saturated carbocycles. The molecular weight excluding hydrogens is 1030 g/mol. The van der Waals surface area contributed by atoms with Gasteiger partial charge in [-0.25, -0.2) is 29.9 Å². The van der Waals surface area contributed by atoms with E-state index in [-0.39, 0.29) is 0 Å². The van der Waals surface area contributed by atoms with Crippen molar-refractivity contribution in [2.45, 2.75) is 0 Å². The first kappa shape index (κ1) is 47.0. The molecule has 0 aliphatic heterocycles. The minimum atomic E-state index is 0.330. The molecule has 8 aromatic heterocycles. The predicted octanol–water partition coefficient (Wildman–Crippen LogP) is 17.0. The molecule has 11 heteroatoms. The molecule has 8 heterocycles. The van der Waals surface area contributed by atoms with Gasteiger partial charge < -0.3 is 4.57 Å². The lowest BCUT2D eigenvalue weighted by atomic mass is 9.90. The maximum absolute atomic E-state index is 12.8. The van der Waals surface area contributed by atoms with E-state index in [9.17, 15) is 5.26 Å². The summed E-state index contributed by atoms with van der Waals surface area (Å²) in [7, 11) is 0. The summed E-state index contributed by atoms with van der Waals surface area (Å²) in [5.74, 6) is 1.25. The molecule has 0 spiro atoms. The monoisotopic (exact) mass is 1070 g/mol. The maximum atomic E-state index is 12.8. The van der Waals surface area contributed by atoms with E-state index in [0.29, 0.717) is 68.2 Å². The Bertz CT molecular complexity index is 5300. The molecule has 0 atom stereocenters. The molecule has 17 aromatic rings. The number of fused-ring (bicyclic) bond motifs is 12. The minimum absolute atomic E-state index is 0.330. The molecule has 0 fully saturated rings. The van der Waals surface area contributed by atoms with Crippen LogP contribution in [0.2, 0.25) is 0 Å². The second-order valence-electron chi connectivity index (χ2n) is 20.9. The van der Waals surface area contributed by atoms with Gasteiger partial charge in [0.15, 0.2) is 17.5 Å². The average Bonchev–Trinajstić information content (AvgIpc) is 1.48. The number of rotatable bonds is 8. The number of para-hydroxylation sites is 5. The number of nitriles is 1. The van der Waals surface area contributed by atoms with E-state index < -0.39 is 0 Å². The van der Waals surface area contributed by atoms with E-state index in [1.807, 2.05) is 110 Å². The first-order valence-corrected chi connectivity index (χ1v) is 27.8. The zero-order valence-electron chi connectivity index (χ0n) is 44.7. The number of hydrogen-bond acceptors (Lipinski definition) is 7. The highest BCUT2D eigenvalue weighted by Gasteiger charge is 2.36. The van der Waals surface area contributed by atoms with Crippen molar-refractivity contribution in [2.75, 3.05) is 0 Å². The Hall–Kier alpha value is -11.9. The van der Waals surface area contributed by atoms with Crippen LogP contribution in [0.4, 0.5) is 0 Å². The van der Waals surface area contributed by atoms with Crippen molar-refractivity contribution >= 4 is 87.6 Å². The van der Waals surface area contributed by atoms with Gasteiger partial charge >= 0.3 is 0 Å². The Balaban J connectivity index is 1.14. The highest BCUT2D eigenvalue weighted by molar-refractivity contribution is 6.15. The van der Waals surface area contributed by atoms with Gasteiger partial charge in [0.05, 0.1) is 55.8 Å². The van der Waals surface area contributed by atoms with Gasteiger partial charge in [-0.1, -0.05) is 164 Å². The van der Waals surface area contributed by atoms with Gasteiger partial charge in [0.1, 0.15) is 23.0 Å². The van der Waals surface area contributed by atoms with Gasteiger partial charge in [0.25, 0.3) is 0 Å². The molecule has 0 aliphatic carbocycles. The van der Waals surface area contributed by atoms with Crippen LogP contribution >= 0.6 is 0 Å². The van der Waals surface area contributed by atoms with Crippen LogP contribution in [0.3, 0.4) is 0 Å². The van der Waals surface area contributed by atoms with Crippen LogP contribution in [-0.4, -0.2) is 48.2 Å². The topological polar surface area (TPSA) is 121 Å². The molecule has 9 aromatic carbocycles. The molecule has 0 radical (unpaired) electrons. The standard InChI is InChI=1S/C73H43N11/c74-44-57-63(45-37-39-48(40-38-45)81-58-32-12-7-24-49(58)50-25-8-13-33-59(50)81)66(83-61-35-15-10-27-52(61)55-30-18-42-76-72(55)83)67(84-62-36-16-11-28-53(62)56-31-19-43-77-73(56)84)64(65(57)82-60-34-14-9-26-51(60)54-29-17-41-75-71(54)82)70-79-68(46-20-3-1-4-21-46)78-69(80-70)47-22-5-2-6-23-47/h1-43H. The van der Waals surface area contributed by atoms with E-state index in [1.165, 1.54) is 10.8 Å². The van der Waals surface area contributed by atoms with Crippen molar-refractivity contribution in [1.29, 1.82) is 5.26 Å². The molecule has 0 amide bonds. The second kappa shape index (κ2) is 18.6. The molecule has 390 valence electrons. The molecule has 11 nitrogen and oxygen atoms in total. The van der Waals surface area contributed by atoms with Crippen LogP contribution in [0.1, 0.15) is 5.56 Å². The minimum Gasteiger partial charge on any atom is -0.309 e. The lowest BCUT2D eigenvalue weighted by Gasteiger charge is -2.27. The Morgan fingerprint density at radius 3 is 1.02 bits per heavy atom. The third-order valence-electron chi connectivity index (χ3n) is 16.4. The van der Waals surface area contributed by atoms with E-state index in [4.69, 9.17) is 29.9 Å². The highest BCUT2D eigenvalue weighted by Crippen LogP contribution is 2.51.